The fraction of sp³-hybridized carbons (Fsp3) is 0.364. The minimum absolute atomic E-state index is 0.0895. The molecule has 0 bridgehead atoms. The van der Waals surface area contributed by atoms with Crippen LogP contribution in [0.4, 0.5) is 0 Å². The van der Waals surface area contributed by atoms with Crippen molar-refractivity contribution in [3.05, 3.63) is 65.7 Å². The summed E-state index contributed by atoms with van der Waals surface area (Å²) in [5.41, 5.74) is 1.79. The molecule has 0 saturated carbocycles. The van der Waals surface area contributed by atoms with Gasteiger partial charge in [-0.1, -0.05) is 56.3 Å². The van der Waals surface area contributed by atoms with Crippen LogP contribution in [0.25, 0.3) is 0 Å². The lowest BCUT2D eigenvalue weighted by Crippen LogP contribution is -2.49. The van der Waals surface area contributed by atoms with Gasteiger partial charge in [-0.15, -0.1) is 11.8 Å². The van der Waals surface area contributed by atoms with Gasteiger partial charge in [-0.2, -0.15) is 5.26 Å². The number of benzene rings is 2. The highest BCUT2D eigenvalue weighted by Gasteiger charge is 2.28. The molecule has 5 heteroatoms. The molecule has 0 aromatic heterocycles. The van der Waals surface area contributed by atoms with Crippen molar-refractivity contribution in [2.24, 2.45) is 0 Å². The summed E-state index contributed by atoms with van der Waals surface area (Å²) in [5.74, 6) is 0.0895. The number of hydrogen-bond acceptors (Lipinski definition) is 4. The summed E-state index contributed by atoms with van der Waals surface area (Å²) in [6.45, 7) is 6.97. The first-order chi connectivity index (χ1) is 13.1. The molecule has 1 amide bonds. The fourth-order valence-electron chi connectivity index (χ4n) is 3.36. The lowest BCUT2D eigenvalue weighted by Gasteiger charge is -2.37. The summed E-state index contributed by atoms with van der Waals surface area (Å²) in [6, 6.07) is 19.9. The second kappa shape index (κ2) is 9.07. The maximum Gasteiger partial charge on any atom is 0.255 e. The van der Waals surface area contributed by atoms with Gasteiger partial charge in [0.2, 0.25) is 0 Å². The van der Waals surface area contributed by atoms with Crippen molar-refractivity contribution in [3.8, 4) is 6.07 Å². The molecule has 1 aliphatic heterocycles. The molecule has 0 spiro atoms. The summed E-state index contributed by atoms with van der Waals surface area (Å²) in [4.78, 5) is 18.2. The van der Waals surface area contributed by atoms with Gasteiger partial charge in [-0.25, -0.2) is 0 Å². The van der Waals surface area contributed by atoms with E-state index in [2.05, 4.69) is 24.8 Å². The van der Waals surface area contributed by atoms with E-state index in [-0.39, 0.29) is 11.9 Å². The van der Waals surface area contributed by atoms with Crippen molar-refractivity contribution >= 4 is 17.7 Å². The summed E-state index contributed by atoms with van der Waals surface area (Å²) in [6.07, 6.45) is 0. The van der Waals surface area contributed by atoms with Gasteiger partial charge in [0.05, 0.1) is 11.6 Å². The highest BCUT2D eigenvalue weighted by atomic mass is 32.2. The lowest BCUT2D eigenvalue weighted by molar-refractivity contribution is 0.0603. The Morgan fingerprint density at radius 1 is 1.00 bits per heavy atom. The molecule has 2 aromatic carbocycles. The Kier molecular flexibility index (Phi) is 6.54. The number of piperazine rings is 1. The number of carbonyl (C=O) groups is 1. The molecule has 1 atom stereocenters. The van der Waals surface area contributed by atoms with Crippen LogP contribution in [0.5, 0.6) is 0 Å². The summed E-state index contributed by atoms with van der Waals surface area (Å²) in [7, 11) is 0. The normalized spacial score (nSPS) is 16.1. The van der Waals surface area contributed by atoms with E-state index in [0.717, 1.165) is 16.0 Å². The number of nitriles is 1. The molecular formula is C22H25N3OS. The minimum atomic E-state index is -0.257. The van der Waals surface area contributed by atoms with Gasteiger partial charge in [0.15, 0.2) is 0 Å². The van der Waals surface area contributed by atoms with E-state index in [0.29, 0.717) is 31.4 Å². The first-order valence-electron chi connectivity index (χ1n) is 9.33. The van der Waals surface area contributed by atoms with E-state index in [1.54, 1.807) is 11.8 Å². The van der Waals surface area contributed by atoms with Crippen molar-refractivity contribution < 1.29 is 4.79 Å². The van der Waals surface area contributed by atoms with Crippen molar-refractivity contribution in [2.75, 3.05) is 26.2 Å². The lowest BCUT2D eigenvalue weighted by atomic mass is 10.1. The smallest absolute Gasteiger partial charge is 0.255 e. The second-order valence-corrected chi connectivity index (χ2v) is 8.55. The van der Waals surface area contributed by atoms with Gasteiger partial charge >= 0.3 is 0 Å². The third-order valence-corrected chi connectivity index (χ3v) is 5.77. The van der Waals surface area contributed by atoms with Crippen molar-refractivity contribution in [1.29, 1.82) is 5.26 Å². The van der Waals surface area contributed by atoms with Crippen molar-refractivity contribution in [2.45, 2.75) is 30.0 Å². The van der Waals surface area contributed by atoms with Crippen LogP contribution in [0.15, 0.2) is 59.5 Å². The van der Waals surface area contributed by atoms with Crippen molar-refractivity contribution in [1.82, 2.24) is 9.80 Å². The van der Waals surface area contributed by atoms with Crippen LogP contribution in [0.3, 0.4) is 0 Å². The molecule has 0 radical (unpaired) electrons. The molecule has 1 saturated heterocycles. The summed E-state index contributed by atoms with van der Waals surface area (Å²) >= 11 is 1.72. The zero-order valence-corrected chi connectivity index (χ0v) is 16.7. The fourth-order valence-corrected chi connectivity index (χ4v) is 4.30. The number of thioether (sulfide) groups is 1. The van der Waals surface area contributed by atoms with Gasteiger partial charge < -0.3 is 4.90 Å². The van der Waals surface area contributed by atoms with Gasteiger partial charge in [-0.3, -0.25) is 9.69 Å². The number of rotatable bonds is 5. The topological polar surface area (TPSA) is 47.3 Å². The zero-order chi connectivity index (χ0) is 19.2. The van der Waals surface area contributed by atoms with Crippen LogP contribution in [0, 0.1) is 11.3 Å². The van der Waals surface area contributed by atoms with Gasteiger partial charge in [0.25, 0.3) is 5.91 Å². The highest BCUT2D eigenvalue weighted by molar-refractivity contribution is 8.00. The molecule has 27 heavy (non-hydrogen) atoms. The van der Waals surface area contributed by atoms with E-state index in [9.17, 15) is 10.1 Å². The number of hydrogen-bond donors (Lipinski definition) is 0. The van der Waals surface area contributed by atoms with Crippen LogP contribution in [0.2, 0.25) is 0 Å². The van der Waals surface area contributed by atoms with E-state index in [1.165, 1.54) is 0 Å². The van der Waals surface area contributed by atoms with Gasteiger partial charge in [0, 0.05) is 36.3 Å². The predicted molar refractivity (Wildman–Crippen MR) is 110 cm³/mol. The average Bonchev–Trinajstić information content (AvgIpc) is 2.69. The van der Waals surface area contributed by atoms with E-state index in [4.69, 9.17) is 0 Å². The quantitative estimate of drug-likeness (QED) is 0.730. The molecule has 1 fully saturated rings. The molecule has 0 aliphatic carbocycles. The summed E-state index contributed by atoms with van der Waals surface area (Å²) < 4.78 is 0. The monoisotopic (exact) mass is 379 g/mol. The maximum atomic E-state index is 13.0. The van der Waals surface area contributed by atoms with Crippen LogP contribution in [-0.2, 0) is 0 Å². The Bertz CT molecular complexity index is 808. The molecule has 1 heterocycles. The maximum absolute atomic E-state index is 13.0. The van der Waals surface area contributed by atoms with E-state index < -0.39 is 0 Å². The van der Waals surface area contributed by atoms with Crippen LogP contribution in [-0.4, -0.2) is 47.1 Å². The molecule has 1 aliphatic rings. The van der Waals surface area contributed by atoms with E-state index in [1.807, 2.05) is 59.5 Å². The Balaban J connectivity index is 1.67. The predicted octanol–water partition coefficient (Wildman–Crippen LogP) is 4.21. The Labute approximate surface area is 165 Å². The SMILES string of the molecule is CC(C)Sc1ccccc1C(=O)N1CCN(C(C#N)c2ccccc2)CC1. The first kappa shape index (κ1) is 19.5. The third-order valence-electron chi connectivity index (χ3n) is 4.68. The van der Waals surface area contributed by atoms with Crippen molar-refractivity contribution in [3.63, 3.8) is 0 Å². The number of nitrogens with zero attached hydrogens (tertiary/aromatic N) is 3. The van der Waals surface area contributed by atoms with Crippen LogP contribution < -0.4 is 0 Å². The second-order valence-electron chi connectivity index (χ2n) is 6.93. The molecule has 2 aromatic rings. The first-order valence-corrected chi connectivity index (χ1v) is 10.2. The summed E-state index contributed by atoms with van der Waals surface area (Å²) in [5, 5.41) is 10.1. The number of carbonyl (C=O) groups excluding carboxylic acids is 1. The molecule has 3 rings (SSSR count). The number of amides is 1. The Morgan fingerprint density at radius 3 is 2.26 bits per heavy atom. The largest absolute Gasteiger partial charge is 0.336 e. The van der Waals surface area contributed by atoms with Crippen LogP contribution >= 0.6 is 11.8 Å². The van der Waals surface area contributed by atoms with Crippen LogP contribution in [0.1, 0.15) is 35.8 Å². The molecule has 4 nitrogen and oxygen atoms in total. The van der Waals surface area contributed by atoms with Gasteiger partial charge in [-0.05, 0) is 17.7 Å². The third kappa shape index (κ3) is 4.71. The average molecular weight is 380 g/mol. The highest BCUT2D eigenvalue weighted by Crippen LogP contribution is 2.28. The van der Waals surface area contributed by atoms with E-state index >= 15 is 0 Å². The van der Waals surface area contributed by atoms with Gasteiger partial charge in [0.1, 0.15) is 6.04 Å². The standard InChI is InChI=1S/C22H25N3OS/c1-17(2)27-21-11-7-6-10-19(21)22(26)25-14-12-24(13-15-25)20(16-23)18-8-4-3-5-9-18/h3-11,17,20H,12-15H2,1-2H3. The Morgan fingerprint density at radius 2 is 1.63 bits per heavy atom. The Hall–Kier alpha value is -2.29. The molecular weight excluding hydrogens is 354 g/mol. The zero-order valence-electron chi connectivity index (χ0n) is 15.8. The molecule has 0 N–H and O–H groups in total. The molecule has 140 valence electrons. The molecule has 1 unspecified atom stereocenters. The minimum Gasteiger partial charge on any atom is -0.336 e.